The Bertz CT molecular complexity index is 451. The third-order valence-corrected chi connectivity index (χ3v) is 2.31. The quantitative estimate of drug-likeness (QED) is 0.803. The van der Waals surface area contributed by atoms with E-state index in [1.807, 2.05) is 10.9 Å². The zero-order chi connectivity index (χ0) is 12.3. The lowest BCUT2D eigenvalue weighted by atomic mass is 10.1. The first kappa shape index (κ1) is 11.7. The number of aromatic nitrogens is 6. The van der Waals surface area contributed by atoms with Gasteiger partial charge in [0.05, 0.1) is 23.1 Å². The fourth-order valence-corrected chi connectivity index (χ4v) is 1.34. The monoisotopic (exact) mass is 235 g/mol. The van der Waals surface area contributed by atoms with Gasteiger partial charge in [-0.05, 0) is 20.8 Å². The summed E-state index contributed by atoms with van der Waals surface area (Å²) in [6.45, 7) is 7.61. The molecule has 0 saturated heterocycles. The zero-order valence-electron chi connectivity index (χ0n) is 10.3. The summed E-state index contributed by atoms with van der Waals surface area (Å²) in [5.41, 5.74) is 1.77. The summed E-state index contributed by atoms with van der Waals surface area (Å²) in [6, 6.07) is 0. The van der Waals surface area contributed by atoms with Crippen molar-refractivity contribution in [2.45, 2.75) is 39.4 Å². The maximum absolute atomic E-state index is 4.11. The molecule has 92 valence electrons. The molecule has 0 saturated carbocycles. The van der Waals surface area contributed by atoms with E-state index in [2.05, 4.69) is 51.8 Å². The van der Waals surface area contributed by atoms with Gasteiger partial charge in [0.2, 0.25) is 0 Å². The molecule has 0 bridgehead atoms. The van der Waals surface area contributed by atoms with Gasteiger partial charge in [0.1, 0.15) is 0 Å². The van der Waals surface area contributed by atoms with Gasteiger partial charge in [0.15, 0.2) is 0 Å². The molecule has 0 radical (unpaired) electrons. The first-order chi connectivity index (χ1) is 8.05. The van der Waals surface area contributed by atoms with Crippen molar-refractivity contribution >= 4 is 0 Å². The average Bonchev–Trinajstić information content (AvgIpc) is 2.86. The van der Waals surface area contributed by atoms with Gasteiger partial charge in [-0.15, -0.1) is 10.2 Å². The molecule has 7 heteroatoms. The summed E-state index contributed by atoms with van der Waals surface area (Å²) in [7, 11) is 0. The van der Waals surface area contributed by atoms with Crippen molar-refractivity contribution in [1.82, 2.24) is 35.7 Å². The molecule has 0 aromatic carbocycles. The summed E-state index contributed by atoms with van der Waals surface area (Å²) in [5, 5.41) is 21.6. The van der Waals surface area contributed by atoms with Crippen molar-refractivity contribution in [3.05, 3.63) is 23.8 Å². The number of nitrogens with zero attached hydrogens (tertiary/aromatic N) is 5. The molecular formula is C10H17N7. The predicted molar refractivity (Wildman–Crippen MR) is 61.9 cm³/mol. The van der Waals surface area contributed by atoms with E-state index < -0.39 is 0 Å². The Morgan fingerprint density at radius 2 is 2.00 bits per heavy atom. The zero-order valence-corrected chi connectivity index (χ0v) is 10.3. The molecule has 2 aromatic heterocycles. The largest absolute Gasteiger partial charge is 0.305 e. The molecule has 2 rings (SSSR count). The third kappa shape index (κ3) is 3.10. The summed E-state index contributed by atoms with van der Waals surface area (Å²) in [5.74, 6) is 0. The van der Waals surface area contributed by atoms with Gasteiger partial charge >= 0.3 is 0 Å². The van der Waals surface area contributed by atoms with Crippen LogP contribution in [-0.2, 0) is 18.6 Å². The lowest BCUT2D eigenvalue weighted by Crippen LogP contribution is -2.22. The van der Waals surface area contributed by atoms with Crippen LogP contribution in [0.25, 0.3) is 0 Å². The van der Waals surface area contributed by atoms with Gasteiger partial charge in [0.25, 0.3) is 0 Å². The summed E-state index contributed by atoms with van der Waals surface area (Å²) in [4.78, 5) is 0. The minimum atomic E-state index is -0.0304. The SMILES string of the molecule is CC(C)(C)n1cc(CNCc2c[nH]nn2)nn1. The van der Waals surface area contributed by atoms with E-state index in [1.165, 1.54) is 0 Å². The molecule has 2 N–H and O–H groups in total. The highest BCUT2D eigenvalue weighted by Crippen LogP contribution is 2.11. The molecule has 0 atom stereocenters. The molecule has 0 aliphatic carbocycles. The molecule has 0 aliphatic rings. The Labute approximate surface area is 99.6 Å². The van der Waals surface area contributed by atoms with Crippen LogP contribution in [0.3, 0.4) is 0 Å². The van der Waals surface area contributed by atoms with Crippen LogP contribution >= 0.6 is 0 Å². The second-order valence-electron chi connectivity index (χ2n) is 4.89. The molecule has 0 fully saturated rings. The van der Waals surface area contributed by atoms with Gasteiger partial charge in [-0.3, -0.25) is 5.10 Å². The molecule has 0 aliphatic heterocycles. The minimum absolute atomic E-state index is 0.0304. The summed E-state index contributed by atoms with van der Waals surface area (Å²) >= 11 is 0. The Hall–Kier alpha value is -1.76. The van der Waals surface area contributed by atoms with Crippen LogP contribution in [-0.4, -0.2) is 30.4 Å². The molecule has 0 unspecified atom stereocenters. The van der Waals surface area contributed by atoms with E-state index in [1.54, 1.807) is 6.20 Å². The predicted octanol–water partition coefficient (Wildman–Crippen LogP) is 0.441. The second-order valence-corrected chi connectivity index (χ2v) is 4.89. The van der Waals surface area contributed by atoms with Crippen LogP contribution in [0.2, 0.25) is 0 Å². The number of rotatable bonds is 4. The van der Waals surface area contributed by atoms with Crippen molar-refractivity contribution in [3.8, 4) is 0 Å². The Kier molecular flexibility index (Phi) is 3.19. The van der Waals surface area contributed by atoms with Crippen molar-refractivity contribution in [1.29, 1.82) is 0 Å². The Morgan fingerprint density at radius 3 is 2.59 bits per heavy atom. The number of hydrogen-bond donors (Lipinski definition) is 2. The number of hydrogen-bond acceptors (Lipinski definition) is 5. The van der Waals surface area contributed by atoms with Crippen molar-refractivity contribution < 1.29 is 0 Å². The van der Waals surface area contributed by atoms with E-state index in [0.29, 0.717) is 13.1 Å². The standard InChI is InChI=1S/C10H17N7/c1-10(2,3)17-7-9(14-16-17)5-11-4-8-6-12-15-13-8/h6-7,11H,4-5H2,1-3H3,(H,12,13,15). The first-order valence-electron chi connectivity index (χ1n) is 5.53. The maximum atomic E-state index is 4.11. The molecular weight excluding hydrogens is 218 g/mol. The lowest BCUT2D eigenvalue weighted by Gasteiger charge is -2.17. The third-order valence-electron chi connectivity index (χ3n) is 2.31. The van der Waals surface area contributed by atoms with Crippen LogP contribution in [0.1, 0.15) is 32.2 Å². The molecule has 2 heterocycles. The highest BCUT2D eigenvalue weighted by molar-refractivity contribution is 4.95. The van der Waals surface area contributed by atoms with E-state index in [4.69, 9.17) is 0 Å². The summed E-state index contributed by atoms with van der Waals surface area (Å²) in [6.07, 6.45) is 3.72. The van der Waals surface area contributed by atoms with Gasteiger partial charge < -0.3 is 5.32 Å². The van der Waals surface area contributed by atoms with Gasteiger partial charge in [-0.1, -0.05) is 10.4 Å². The molecule has 7 nitrogen and oxygen atoms in total. The molecule has 2 aromatic rings. The minimum Gasteiger partial charge on any atom is -0.305 e. The van der Waals surface area contributed by atoms with Gasteiger partial charge in [-0.25, -0.2) is 4.68 Å². The van der Waals surface area contributed by atoms with E-state index in [0.717, 1.165) is 11.4 Å². The fraction of sp³-hybridized carbons (Fsp3) is 0.600. The van der Waals surface area contributed by atoms with E-state index >= 15 is 0 Å². The van der Waals surface area contributed by atoms with Crippen molar-refractivity contribution in [2.75, 3.05) is 0 Å². The van der Waals surface area contributed by atoms with Crippen molar-refractivity contribution in [2.24, 2.45) is 0 Å². The number of H-pyrrole nitrogens is 1. The number of aromatic amines is 1. The second kappa shape index (κ2) is 4.62. The molecule has 17 heavy (non-hydrogen) atoms. The molecule has 0 spiro atoms. The first-order valence-corrected chi connectivity index (χ1v) is 5.53. The van der Waals surface area contributed by atoms with Crippen LogP contribution in [0.15, 0.2) is 12.4 Å². The fourth-order valence-electron chi connectivity index (χ4n) is 1.34. The number of nitrogens with one attached hydrogen (secondary N) is 2. The van der Waals surface area contributed by atoms with Gasteiger partial charge in [-0.2, -0.15) is 0 Å². The van der Waals surface area contributed by atoms with Crippen LogP contribution in [0.4, 0.5) is 0 Å². The highest BCUT2D eigenvalue weighted by atomic mass is 15.4. The van der Waals surface area contributed by atoms with Gasteiger partial charge in [0, 0.05) is 19.3 Å². The lowest BCUT2D eigenvalue weighted by molar-refractivity contribution is 0.347. The van der Waals surface area contributed by atoms with Crippen LogP contribution in [0.5, 0.6) is 0 Å². The normalized spacial score (nSPS) is 11.9. The smallest absolute Gasteiger partial charge is 0.0965 e. The highest BCUT2D eigenvalue weighted by Gasteiger charge is 2.14. The average molecular weight is 235 g/mol. The summed E-state index contributed by atoms with van der Waals surface area (Å²) < 4.78 is 1.86. The van der Waals surface area contributed by atoms with E-state index in [9.17, 15) is 0 Å². The van der Waals surface area contributed by atoms with Crippen LogP contribution in [0, 0.1) is 0 Å². The maximum Gasteiger partial charge on any atom is 0.0965 e. The van der Waals surface area contributed by atoms with Crippen LogP contribution < -0.4 is 5.32 Å². The Morgan fingerprint density at radius 1 is 1.24 bits per heavy atom. The van der Waals surface area contributed by atoms with E-state index in [-0.39, 0.29) is 5.54 Å². The molecule has 0 amide bonds. The Balaban J connectivity index is 1.85. The van der Waals surface area contributed by atoms with Crippen molar-refractivity contribution in [3.63, 3.8) is 0 Å². The topological polar surface area (TPSA) is 84.3 Å².